The monoisotopic (exact) mass is 406 g/mol. The van der Waals surface area contributed by atoms with E-state index >= 15 is 0 Å². The van der Waals surface area contributed by atoms with E-state index in [1.165, 1.54) is 6.07 Å². The Balaban J connectivity index is 1.79. The lowest BCUT2D eigenvalue weighted by molar-refractivity contribution is 0.0976. The van der Waals surface area contributed by atoms with Crippen LogP contribution in [0.1, 0.15) is 28.4 Å². The van der Waals surface area contributed by atoms with Crippen LogP contribution in [0.25, 0.3) is 0 Å². The predicted molar refractivity (Wildman–Crippen MR) is 115 cm³/mol. The SMILES string of the molecule is CCOc1ccc(NC(=NCc2ccncc2)NC(=O)c2ccc(C)c(F)c2)cc1. The Bertz CT molecular complexity index is 1020. The molecular formula is C23H23FN4O2. The molecule has 7 heteroatoms. The molecule has 0 bridgehead atoms. The molecule has 154 valence electrons. The highest BCUT2D eigenvalue weighted by Gasteiger charge is 2.11. The Hall–Kier alpha value is -3.74. The number of guanidine groups is 1. The molecule has 30 heavy (non-hydrogen) atoms. The lowest BCUT2D eigenvalue weighted by atomic mass is 10.1. The number of anilines is 1. The molecule has 0 saturated heterocycles. The molecule has 0 fully saturated rings. The number of hydrogen-bond acceptors (Lipinski definition) is 4. The summed E-state index contributed by atoms with van der Waals surface area (Å²) in [6.45, 7) is 4.48. The van der Waals surface area contributed by atoms with E-state index in [0.29, 0.717) is 18.7 Å². The van der Waals surface area contributed by atoms with Gasteiger partial charge in [-0.05, 0) is 73.5 Å². The molecule has 3 aromatic rings. The van der Waals surface area contributed by atoms with Crippen molar-refractivity contribution in [1.82, 2.24) is 10.3 Å². The third-order valence-corrected chi connectivity index (χ3v) is 4.26. The minimum atomic E-state index is -0.458. The van der Waals surface area contributed by atoms with Crippen LogP contribution in [-0.4, -0.2) is 23.5 Å². The summed E-state index contributed by atoms with van der Waals surface area (Å²) in [4.78, 5) is 21.1. The number of ether oxygens (including phenoxy) is 1. The second-order valence-electron chi connectivity index (χ2n) is 6.52. The van der Waals surface area contributed by atoms with E-state index in [0.717, 1.165) is 17.0 Å². The average Bonchev–Trinajstić information content (AvgIpc) is 2.76. The summed E-state index contributed by atoms with van der Waals surface area (Å²) in [7, 11) is 0. The van der Waals surface area contributed by atoms with Crippen molar-refractivity contribution in [2.75, 3.05) is 11.9 Å². The zero-order chi connectivity index (χ0) is 21.3. The number of aliphatic imine (C=N–C) groups is 1. The van der Waals surface area contributed by atoms with E-state index in [-0.39, 0.29) is 11.5 Å². The van der Waals surface area contributed by atoms with Crippen molar-refractivity contribution in [2.24, 2.45) is 4.99 Å². The molecule has 3 rings (SSSR count). The molecule has 0 unspecified atom stereocenters. The van der Waals surface area contributed by atoms with Gasteiger partial charge in [0.25, 0.3) is 5.91 Å². The fraction of sp³-hybridized carbons (Fsp3) is 0.174. The lowest BCUT2D eigenvalue weighted by Gasteiger charge is -2.13. The number of rotatable bonds is 6. The number of halogens is 1. The zero-order valence-electron chi connectivity index (χ0n) is 16.9. The van der Waals surface area contributed by atoms with Gasteiger partial charge in [0.1, 0.15) is 11.6 Å². The van der Waals surface area contributed by atoms with Crippen molar-refractivity contribution in [3.05, 3.63) is 89.5 Å². The highest BCUT2D eigenvalue weighted by atomic mass is 19.1. The summed E-state index contributed by atoms with van der Waals surface area (Å²) in [5.74, 6) is 0.109. The van der Waals surface area contributed by atoms with Crippen LogP contribution in [0.2, 0.25) is 0 Å². The van der Waals surface area contributed by atoms with Crippen molar-refractivity contribution in [1.29, 1.82) is 0 Å². The van der Waals surface area contributed by atoms with Gasteiger partial charge in [-0.25, -0.2) is 9.38 Å². The Morgan fingerprint density at radius 1 is 1.10 bits per heavy atom. The minimum absolute atomic E-state index is 0.211. The summed E-state index contributed by atoms with van der Waals surface area (Å²) in [6.07, 6.45) is 3.36. The molecule has 1 heterocycles. The molecule has 0 saturated carbocycles. The van der Waals surface area contributed by atoms with Gasteiger partial charge in [0.2, 0.25) is 5.96 Å². The molecule has 6 nitrogen and oxygen atoms in total. The number of hydrogen-bond donors (Lipinski definition) is 2. The maximum absolute atomic E-state index is 13.9. The van der Waals surface area contributed by atoms with Gasteiger partial charge in [-0.15, -0.1) is 0 Å². The maximum atomic E-state index is 13.9. The van der Waals surface area contributed by atoms with Crippen LogP contribution in [0.4, 0.5) is 10.1 Å². The van der Waals surface area contributed by atoms with E-state index in [2.05, 4.69) is 20.6 Å². The standard InChI is InChI=1S/C23H23FN4O2/c1-3-30-20-8-6-19(7-9-20)27-23(26-15-17-10-12-25-13-11-17)28-22(29)18-5-4-16(2)21(24)14-18/h4-14H,3,15H2,1-2H3,(H2,26,27,28,29). The smallest absolute Gasteiger partial charge is 0.258 e. The van der Waals surface area contributed by atoms with Crippen LogP contribution in [0.5, 0.6) is 5.75 Å². The molecule has 0 atom stereocenters. The molecule has 0 aliphatic heterocycles. The number of nitrogens with one attached hydrogen (secondary N) is 2. The van der Waals surface area contributed by atoms with Crippen LogP contribution >= 0.6 is 0 Å². The third-order valence-electron chi connectivity index (χ3n) is 4.26. The Morgan fingerprint density at radius 2 is 1.83 bits per heavy atom. The fourth-order valence-corrected chi connectivity index (χ4v) is 2.62. The molecule has 1 amide bonds. The number of aryl methyl sites for hydroxylation is 1. The summed E-state index contributed by atoms with van der Waals surface area (Å²) in [5.41, 5.74) is 2.35. The van der Waals surface area contributed by atoms with Crippen molar-refractivity contribution in [3.63, 3.8) is 0 Å². The molecule has 2 aromatic carbocycles. The number of carbonyl (C=O) groups is 1. The van der Waals surface area contributed by atoms with Crippen LogP contribution in [0.3, 0.4) is 0 Å². The Labute approximate surface area is 174 Å². The Kier molecular flexibility index (Phi) is 7.10. The summed E-state index contributed by atoms with van der Waals surface area (Å²) in [6, 6.07) is 15.3. The fourth-order valence-electron chi connectivity index (χ4n) is 2.62. The average molecular weight is 406 g/mol. The first-order valence-corrected chi connectivity index (χ1v) is 9.56. The lowest BCUT2D eigenvalue weighted by Crippen LogP contribution is -2.36. The van der Waals surface area contributed by atoms with Crippen LogP contribution in [0, 0.1) is 12.7 Å². The molecule has 0 aliphatic carbocycles. The van der Waals surface area contributed by atoms with Gasteiger partial charge in [0, 0.05) is 23.6 Å². The maximum Gasteiger partial charge on any atom is 0.258 e. The van der Waals surface area contributed by atoms with Crippen molar-refractivity contribution < 1.29 is 13.9 Å². The van der Waals surface area contributed by atoms with Crippen LogP contribution in [-0.2, 0) is 6.54 Å². The quantitative estimate of drug-likeness (QED) is 0.472. The van der Waals surface area contributed by atoms with Gasteiger partial charge in [-0.1, -0.05) is 6.07 Å². The van der Waals surface area contributed by atoms with Gasteiger partial charge < -0.3 is 10.1 Å². The second-order valence-corrected chi connectivity index (χ2v) is 6.52. The van der Waals surface area contributed by atoms with Crippen LogP contribution < -0.4 is 15.4 Å². The van der Waals surface area contributed by atoms with Gasteiger partial charge in [-0.2, -0.15) is 0 Å². The Morgan fingerprint density at radius 3 is 2.50 bits per heavy atom. The molecule has 0 spiro atoms. The van der Waals surface area contributed by atoms with Crippen LogP contribution in [0.15, 0.2) is 72.0 Å². The number of pyridine rings is 1. The van der Waals surface area contributed by atoms with E-state index in [1.807, 2.05) is 43.3 Å². The first-order chi connectivity index (χ1) is 14.5. The van der Waals surface area contributed by atoms with Gasteiger partial charge >= 0.3 is 0 Å². The molecule has 0 aliphatic rings. The van der Waals surface area contributed by atoms with Gasteiger partial charge in [-0.3, -0.25) is 15.1 Å². The van der Waals surface area contributed by atoms with Crippen molar-refractivity contribution in [2.45, 2.75) is 20.4 Å². The van der Waals surface area contributed by atoms with E-state index < -0.39 is 11.7 Å². The number of amides is 1. The summed E-state index contributed by atoms with van der Waals surface area (Å²) >= 11 is 0. The third kappa shape index (κ3) is 5.88. The minimum Gasteiger partial charge on any atom is -0.494 e. The number of nitrogens with zero attached hydrogens (tertiary/aromatic N) is 2. The molecular weight excluding hydrogens is 383 g/mol. The van der Waals surface area contributed by atoms with Gasteiger partial charge in [0.05, 0.1) is 13.2 Å². The van der Waals surface area contributed by atoms with E-state index in [4.69, 9.17) is 4.74 Å². The highest BCUT2D eigenvalue weighted by Crippen LogP contribution is 2.16. The van der Waals surface area contributed by atoms with Crippen molar-refractivity contribution >= 4 is 17.6 Å². The van der Waals surface area contributed by atoms with E-state index in [9.17, 15) is 9.18 Å². The first-order valence-electron chi connectivity index (χ1n) is 9.56. The molecule has 0 radical (unpaired) electrons. The zero-order valence-corrected chi connectivity index (χ0v) is 16.9. The summed E-state index contributed by atoms with van der Waals surface area (Å²) in [5, 5.41) is 5.82. The second kappa shape index (κ2) is 10.2. The number of carbonyl (C=O) groups excluding carboxylic acids is 1. The van der Waals surface area contributed by atoms with Crippen molar-refractivity contribution in [3.8, 4) is 5.75 Å². The highest BCUT2D eigenvalue weighted by molar-refractivity contribution is 6.10. The van der Waals surface area contributed by atoms with Gasteiger partial charge in [0.15, 0.2) is 0 Å². The predicted octanol–water partition coefficient (Wildman–Crippen LogP) is 4.33. The van der Waals surface area contributed by atoms with E-state index in [1.54, 1.807) is 31.5 Å². The summed E-state index contributed by atoms with van der Waals surface area (Å²) < 4.78 is 19.3. The molecule has 1 aromatic heterocycles. The first kappa shape index (κ1) is 21.0. The molecule has 2 N–H and O–H groups in total. The largest absolute Gasteiger partial charge is 0.494 e. The number of aromatic nitrogens is 1. The number of benzene rings is 2. The topological polar surface area (TPSA) is 75.6 Å². The normalized spacial score (nSPS) is 11.1.